The molecule has 2 aromatic carbocycles. The van der Waals surface area contributed by atoms with Gasteiger partial charge < -0.3 is 9.84 Å². The number of carbonyl (C=O) groups excluding carboxylic acids is 1. The van der Waals surface area contributed by atoms with Crippen LogP contribution in [-0.4, -0.2) is 65.5 Å². The molecule has 0 saturated heterocycles. The SMILES string of the molecule is [B]C([B])([B])C1(C([B])([B])O[C@]2(c3ccc(Cl)cc3)c3ccc(C(C)(C)O)cc3C(=O)N2Cc2ccc(Cl)cn2)CC1. The van der Waals surface area contributed by atoms with Gasteiger partial charge in [-0.3, -0.25) is 14.7 Å². The molecular weight excluding hydrogens is 537 g/mol. The van der Waals surface area contributed by atoms with Gasteiger partial charge in [0.05, 0.1) is 46.4 Å². The molecule has 12 heteroatoms. The van der Waals surface area contributed by atoms with Gasteiger partial charge in [0, 0.05) is 27.9 Å². The van der Waals surface area contributed by atoms with E-state index in [2.05, 4.69) is 4.98 Å². The van der Waals surface area contributed by atoms with E-state index in [4.69, 9.17) is 67.2 Å². The van der Waals surface area contributed by atoms with Gasteiger partial charge in [0.1, 0.15) is 15.7 Å². The summed E-state index contributed by atoms with van der Waals surface area (Å²) in [6.07, 6.45) is 2.32. The zero-order valence-electron chi connectivity index (χ0n) is 22.2. The highest BCUT2D eigenvalue weighted by atomic mass is 35.5. The number of benzene rings is 2. The quantitative estimate of drug-likeness (QED) is 0.426. The molecule has 40 heavy (non-hydrogen) atoms. The minimum absolute atomic E-state index is 0.00669. The van der Waals surface area contributed by atoms with Gasteiger partial charge in [-0.2, -0.15) is 0 Å². The van der Waals surface area contributed by atoms with Crippen LogP contribution < -0.4 is 0 Å². The maximum Gasteiger partial charge on any atom is 0.257 e. The van der Waals surface area contributed by atoms with E-state index in [1.165, 1.54) is 11.1 Å². The lowest BCUT2D eigenvalue weighted by Gasteiger charge is -2.52. The van der Waals surface area contributed by atoms with Gasteiger partial charge in [-0.25, -0.2) is 0 Å². The molecule has 192 valence electrons. The Balaban J connectivity index is 1.77. The summed E-state index contributed by atoms with van der Waals surface area (Å²) in [6, 6.07) is 15.3. The highest BCUT2D eigenvalue weighted by Crippen LogP contribution is 2.66. The van der Waals surface area contributed by atoms with Crippen molar-refractivity contribution in [2.75, 3.05) is 0 Å². The number of aromatic nitrogens is 1. The number of nitrogens with zero attached hydrogens (tertiary/aromatic N) is 2. The molecule has 1 fully saturated rings. The first-order valence-corrected chi connectivity index (χ1v) is 13.5. The van der Waals surface area contributed by atoms with E-state index >= 15 is 0 Å². The third kappa shape index (κ3) is 4.75. The van der Waals surface area contributed by atoms with Gasteiger partial charge in [-0.1, -0.05) is 47.5 Å². The minimum Gasteiger partial charge on any atom is -0.386 e. The molecule has 5 nitrogen and oxygen atoms in total. The van der Waals surface area contributed by atoms with Crippen molar-refractivity contribution in [3.05, 3.63) is 98.8 Å². The Kier molecular flexibility index (Phi) is 7.14. The maximum atomic E-state index is 14.3. The van der Waals surface area contributed by atoms with Crippen molar-refractivity contribution in [3.63, 3.8) is 0 Å². The van der Waals surface area contributed by atoms with Gasteiger partial charge in [0.25, 0.3) is 5.91 Å². The van der Waals surface area contributed by atoms with Crippen molar-refractivity contribution in [1.29, 1.82) is 0 Å². The molecule has 5 rings (SSSR count). The lowest BCUT2D eigenvalue weighted by Crippen LogP contribution is -2.58. The predicted octanol–water partition coefficient (Wildman–Crippen LogP) is 3.84. The van der Waals surface area contributed by atoms with Crippen LogP contribution in [0.1, 0.15) is 59.4 Å². The summed E-state index contributed by atoms with van der Waals surface area (Å²) in [4.78, 5) is 20.2. The number of aliphatic hydroxyl groups is 1. The summed E-state index contributed by atoms with van der Waals surface area (Å²) in [5.74, 6) is -0.395. The van der Waals surface area contributed by atoms with Crippen LogP contribution >= 0.6 is 23.2 Å². The fourth-order valence-corrected chi connectivity index (χ4v) is 5.70. The Bertz CT molecular complexity index is 1450. The number of hydrogen-bond acceptors (Lipinski definition) is 4. The van der Waals surface area contributed by atoms with Crippen molar-refractivity contribution < 1.29 is 14.6 Å². The molecule has 1 N–H and O–H groups in total. The van der Waals surface area contributed by atoms with Gasteiger partial charge in [-0.15, -0.1) is 5.11 Å². The standard InChI is InChI=1S/C28H23B5Cl2N2O3/c1-24(2,39)17-5-10-22-21(13-17)23(38)37(15-20-9-8-19(35)14-36-20)26(22,16-3-6-18(34)7-4-16)40-28(32,33)25(11-12-25)27(29,30)31/h3-10,13-14,39H,11-12,15H2,1-2H3/t26-/m1/s1. The van der Waals surface area contributed by atoms with Crippen LogP contribution in [0.25, 0.3) is 0 Å². The second kappa shape index (κ2) is 9.73. The van der Waals surface area contributed by atoms with Crippen LogP contribution in [0.15, 0.2) is 60.8 Å². The first kappa shape index (κ1) is 29.4. The summed E-state index contributed by atoms with van der Waals surface area (Å²) in [5.41, 5.74) is -1.76. The summed E-state index contributed by atoms with van der Waals surface area (Å²) >= 11 is 12.3. The van der Waals surface area contributed by atoms with E-state index in [1.807, 2.05) is 0 Å². The summed E-state index contributed by atoms with van der Waals surface area (Å²) in [6.45, 7) is 3.27. The fraction of sp³-hybridized carbons (Fsp3) is 0.357. The first-order chi connectivity index (χ1) is 18.5. The Morgan fingerprint density at radius 2 is 1.60 bits per heavy atom. The van der Waals surface area contributed by atoms with Gasteiger partial charge in [0.15, 0.2) is 5.72 Å². The zero-order chi connectivity index (χ0) is 29.3. The molecule has 0 unspecified atom stereocenters. The molecule has 1 aliphatic heterocycles. The third-order valence-corrected chi connectivity index (χ3v) is 8.41. The van der Waals surface area contributed by atoms with Crippen molar-refractivity contribution in [3.8, 4) is 0 Å². The van der Waals surface area contributed by atoms with Crippen molar-refractivity contribution in [1.82, 2.24) is 9.88 Å². The third-order valence-electron chi connectivity index (χ3n) is 7.93. The molecule has 1 aromatic heterocycles. The van der Waals surface area contributed by atoms with E-state index < -0.39 is 33.2 Å². The molecule has 2 heterocycles. The van der Waals surface area contributed by atoms with Crippen molar-refractivity contribution >= 4 is 68.3 Å². The Morgan fingerprint density at radius 3 is 2.12 bits per heavy atom. The fourth-order valence-electron chi connectivity index (χ4n) is 5.46. The molecule has 1 amide bonds. The molecule has 2 aliphatic rings. The molecule has 1 aliphatic carbocycles. The summed E-state index contributed by atoms with van der Waals surface area (Å²) in [7, 11) is 32.0. The molecule has 10 radical (unpaired) electrons. The molecule has 1 atom stereocenters. The predicted molar refractivity (Wildman–Crippen MR) is 160 cm³/mol. The topological polar surface area (TPSA) is 62.7 Å². The number of halogens is 2. The van der Waals surface area contributed by atoms with E-state index in [0.29, 0.717) is 50.8 Å². The number of carbonyl (C=O) groups is 1. The second-order valence-corrected chi connectivity index (χ2v) is 12.1. The van der Waals surface area contributed by atoms with Crippen LogP contribution in [0, 0.1) is 5.41 Å². The van der Waals surface area contributed by atoms with Gasteiger partial charge >= 0.3 is 0 Å². The Labute approximate surface area is 251 Å². The average molecular weight is 560 g/mol. The number of fused-ring (bicyclic) bond motifs is 1. The monoisotopic (exact) mass is 560 g/mol. The van der Waals surface area contributed by atoms with Crippen LogP contribution in [0.4, 0.5) is 0 Å². The van der Waals surface area contributed by atoms with Gasteiger partial charge in [0.2, 0.25) is 0 Å². The highest BCUT2D eigenvalue weighted by molar-refractivity contribution is 6.60. The highest BCUT2D eigenvalue weighted by Gasteiger charge is 2.64. The van der Waals surface area contributed by atoms with Crippen molar-refractivity contribution in [2.24, 2.45) is 5.41 Å². The second-order valence-electron chi connectivity index (χ2n) is 11.2. The molecule has 3 aromatic rings. The van der Waals surface area contributed by atoms with Gasteiger partial charge in [-0.05, 0) is 73.4 Å². The summed E-state index contributed by atoms with van der Waals surface area (Å²) in [5, 5.41) is 7.88. The number of hydrogen-bond donors (Lipinski definition) is 1. The average Bonchev–Trinajstić information content (AvgIpc) is 3.67. The number of amides is 1. The molecule has 1 saturated carbocycles. The molecule has 0 bridgehead atoms. The van der Waals surface area contributed by atoms with E-state index in [1.54, 1.807) is 68.4 Å². The Hall–Kier alpha value is -2.12. The van der Waals surface area contributed by atoms with E-state index in [9.17, 15) is 9.90 Å². The number of rotatable bonds is 8. The van der Waals surface area contributed by atoms with Crippen LogP contribution in [0.2, 0.25) is 15.2 Å². The normalized spacial score (nSPS) is 20.4. The minimum atomic E-state index is -1.99. The smallest absolute Gasteiger partial charge is 0.257 e. The van der Waals surface area contributed by atoms with Crippen LogP contribution in [0.3, 0.4) is 0 Å². The van der Waals surface area contributed by atoms with Crippen LogP contribution in [0.5, 0.6) is 0 Å². The maximum absolute atomic E-state index is 14.3. The van der Waals surface area contributed by atoms with Crippen LogP contribution in [-0.2, 0) is 22.6 Å². The lowest BCUT2D eigenvalue weighted by molar-refractivity contribution is -0.158. The van der Waals surface area contributed by atoms with E-state index in [0.717, 1.165) is 0 Å². The lowest BCUT2D eigenvalue weighted by atomic mass is 9.30. The van der Waals surface area contributed by atoms with Crippen molar-refractivity contribution in [2.45, 2.75) is 55.1 Å². The summed E-state index contributed by atoms with van der Waals surface area (Å²) < 4.78 is 6.76. The molecule has 0 spiro atoms. The molecular formula is C28H23B5Cl2N2O3. The number of pyridine rings is 1. The Morgan fingerprint density at radius 1 is 0.975 bits per heavy atom. The largest absolute Gasteiger partial charge is 0.386 e. The number of ether oxygens (including phenoxy) is 1. The zero-order valence-corrected chi connectivity index (χ0v) is 23.7. The van der Waals surface area contributed by atoms with E-state index in [-0.39, 0.29) is 6.54 Å². The first-order valence-electron chi connectivity index (χ1n) is 12.7.